The van der Waals surface area contributed by atoms with Crippen LogP contribution in [0.15, 0.2) is 29.6 Å². The van der Waals surface area contributed by atoms with Crippen molar-refractivity contribution in [2.24, 2.45) is 0 Å². The third-order valence-electron chi connectivity index (χ3n) is 4.12. The van der Waals surface area contributed by atoms with Crippen molar-refractivity contribution in [3.63, 3.8) is 0 Å². The van der Waals surface area contributed by atoms with Crippen LogP contribution in [0.25, 0.3) is 0 Å². The molecule has 0 aliphatic heterocycles. The second kappa shape index (κ2) is 7.45. The number of rotatable bonds is 6. The van der Waals surface area contributed by atoms with Crippen molar-refractivity contribution in [2.45, 2.75) is 52.2 Å². The average Bonchev–Trinajstić information content (AvgIpc) is 2.97. The zero-order chi connectivity index (χ0) is 17.9. The summed E-state index contributed by atoms with van der Waals surface area (Å²) < 4.78 is 0. The van der Waals surface area contributed by atoms with Crippen LogP contribution in [0.3, 0.4) is 0 Å². The van der Waals surface area contributed by atoms with Gasteiger partial charge in [0.15, 0.2) is 0 Å². The number of aromatic nitrogens is 1. The van der Waals surface area contributed by atoms with Gasteiger partial charge in [0.1, 0.15) is 5.01 Å². The first kappa shape index (κ1) is 18.6. The Morgan fingerprint density at radius 2 is 1.96 bits per heavy atom. The summed E-state index contributed by atoms with van der Waals surface area (Å²) >= 11 is 1.58. The first-order valence-electron chi connectivity index (χ1n) is 8.18. The molecule has 4 nitrogen and oxygen atoms in total. The van der Waals surface area contributed by atoms with Crippen molar-refractivity contribution in [3.05, 3.63) is 51.5 Å². The summed E-state index contributed by atoms with van der Waals surface area (Å²) in [6.07, 6.45) is 1.49. The lowest BCUT2D eigenvalue weighted by Gasteiger charge is -2.23. The summed E-state index contributed by atoms with van der Waals surface area (Å²) in [5.74, 6) is -0.00982. The van der Waals surface area contributed by atoms with E-state index in [0.29, 0.717) is 12.0 Å². The number of aliphatic hydroxyl groups is 1. The average molecular weight is 346 g/mol. The Bertz CT molecular complexity index is 686. The van der Waals surface area contributed by atoms with Gasteiger partial charge in [-0.1, -0.05) is 12.1 Å². The van der Waals surface area contributed by atoms with Gasteiger partial charge in [-0.3, -0.25) is 4.79 Å². The Balaban J connectivity index is 2.03. The largest absolute Gasteiger partial charge is 0.390 e. The van der Waals surface area contributed by atoms with E-state index in [4.69, 9.17) is 0 Å². The van der Waals surface area contributed by atoms with Crippen molar-refractivity contribution in [2.75, 3.05) is 7.05 Å². The van der Waals surface area contributed by atoms with Crippen molar-refractivity contribution in [1.82, 2.24) is 9.88 Å². The predicted octanol–water partition coefficient (Wildman–Crippen LogP) is 3.99. The molecule has 0 saturated heterocycles. The van der Waals surface area contributed by atoms with Gasteiger partial charge in [-0.2, -0.15) is 0 Å². The molecule has 0 aliphatic carbocycles. The van der Waals surface area contributed by atoms with Crippen molar-refractivity contribution < 1.29 is 9.90 Å². The van der Waals surface area contributed by atoms with Crippen molar-refractivity contribution in [1.29, 1.82) is 0 Å². The molecule has 1 atom stereocenters. The summed E-state index contributed by atoms with van der Waals surface area (Å²) in [7, 11) is 1.81. The van der Waals surface area contributed by atoms with E-state index >= 15 is 0 Å². The molecule has 0 unspecified atom stereocenters. The Hall–Kier alpha value is -1.72. The minimum absolute atomic E-state index is 0.00982. The van der Waals surface area contributed by atoms with Crippen molar-refractivity contribution >= 4 is 17.2 Å². The van der Waals surface area contributed by atoms with Crippen LogP contribution in [-0.4, -0.2) is 33.5 Å². The number of thiazole rings is 1. The highest BCUT2D eigenvalue weighted by Gasteiger charge is 2.21. The van der Waals surface area contributed by atoms with Crippen LogP contribution in [0, 0.1) is 6.92 Å². The lowest BCUT2D eigenvalue weighted by atomic mass is 9.98. The molecular formula is C19H26N2O2S. The van der Waals surface area contributed by atoms with E-state index in [2.05, 4.69) is 4.98 Å². The fourth-order valence-corrected chi connectivity index (χ4v) is 3.27. The van der Waals surface area contributed by atoms with Gasteiger partial charge in [0.05, 0.1) is 11.6 Å². The highest BCUT2D eigenvalue weighted by molar-refractivity contribution is 7.09. The Kier molecular flexibility index (Phi) is 5.78. The molecule has 1 amide bonds. The monoisotopic (exact) mass is 346 g/mol. The van der Waals surface area contributed by atoms with Gasteiger partial charge in [-0.05, 0) is 58.2 Å². The molecular weight excluding hydrogens is 320 g/mol. The SMILES string of the molecule is Cc1csc([C@@H](C)N(C)C(=O)c2ccc(CCC(C)(C)O)cc2)n1. The smallest absolute Gasteiger partial charge is 0.254 e. The number of amides is 1. The molecule has 2 aromatic rings. The van der Waals surface area contributed by atoms with Crippen LogP contribution in [0.2, 0.25) is 0 Å². The lowest BCUT2D eigenvalue weighted by Crippen LogP contribution is -2.29. The molecule has 0 spiro atoms. The van der Waals surface area contributed by atoms with E-state index < -0.39 is 5.60 Å². The molecule has 1 aromatic carbocycles. The Morgan fingerprint density at radius 3 is 2.46 bits per heavy atom. The summed E-state index contributed by atoms with van der Waals surface area (Å²) in [6.45, 7) is 7.57. The number of aryl methyl sites for hydroxylation is 2. The zero-order valence-corrected chi connectivity index (χ0v) is 15.9. The Labute approximate surface area is 148 Å². The number of carbonyl (C=O) groups excluding carboxylic acids is 1. The molecule has 24 heavy (non-hydrogen) atoms. The molecule has 1 aromatic heterocycles. The predicted molar refractivity (Wildman–Crippen MR) is 98.4 cm³/mol. The van der Waals surface area contributed by atoms with Gasteiger partial charge in [-0.25, -0.2) is 4.98 Å². The molecule has 2 rings (SSSR count). The number of hydrogen-bond donors (Lipinski definition) is 1. The third kappa shape index (κ3) is 4.89. The summed E-state index contributed by atoms with van der Waals surface area (Å²) in [4.78, 5) is 18.9. The fraction of sp³-hybridized carbons (Fsp3) is 0.474. The van der Waals surface area contributed by atoms with Gasteiger partial charge in [0.25, 0.3) is 5.91 Å². The first-order valence-corrected chi connectivity index (χ1v) is 9.06. The van der Waals surface area contributed by atoms with Gasteiger partial charge in [-0.15, -0.1) is 11.3 Å². The highest BCUT2D eigenvalue weighted by atomic mass is 32.1. The summed E-state index contributed by atoms with van der Waals surface area (Å²) in [6, 6.07) is 7.60. The van der Waals surface area contributed by atoms with E-state index in [1.165, 1.54) is 0 Å². The maximum Gasteiger partial charge on any atom is 0.254 e. The van der Waals surface area contributed by atoms with Gasteiger partial charge in [0, 0.05) is 23.7 Å². The Morgan fingerprint density at radius 1 is 1.33 bits per heavy atom. The first-order chi connectivity index (χ1) is 11.2. The van der Waals surface area contributed by atoms with E-state index in [-0.39, 0.29) is 11.9 Å². The van der Waals surface area contributed by atoms with Crippen LogP contribution in [0.1, 0.15) is 59.9 Å². The number of hydrogen-bond acceptors (Lipinski definition) is 4. The molecule has 0 fully saturated rings. The normalized spacial score (nSPS) is 12.9. The zero-order valence-electron chi connectivity index (χ0n) is 15.0. The van der Waals surface area contributed by atoms with Crippen LogP contribution < -0.4 is 0 Å². The van der Waals surface area contributed by atoms with Gasteiger partial charge in [0.2, 0.25) is 0 Å². The third-order valence-corrected chi connectivity index (χ3v) is 5.25. The lowest BCUT2D eigenvalue weighted by molar-refractivity contribution is 0.0711. The molecule has 0 bridgehead atoms. The maximum absolute atomic E-state index is 12.7. The van der Waals surface area contributed by atoms with Gasteiger partial charge < -0.3 is 10.0 Å². The topological polar surface area (TPSA) is 53.4 Å². The van der Waals surface area contributed by atoms with Crippen LogP contribution in [0.4, 0.5) is 0 Å². The highest BCUT2D eigenvalue weighted by Crippen LogP contribution is 2.24. The van der Waals surface area contributed by atoms with Crippen molar-refractivity contribution in [3.8, 4) is 0 Å². The molecule has 5 heteroatoms. The minimum atomic E-state index is -0.671. The van der Waals surface area contributed by atoms with E-state index in [0.717, 1.165) is 22.7 Å². The number of benzene rings is 1. The molecule has 0 saturated carbocycles. The minimum Gasteiger partial charge on any atom is -0.390 e. The number of carbonyl (C=O) groups is 1. The van der Waals surface area contributed by atoms with Crippen LogP contribution in [-0.2, 0) is 6.42 Å². The summed E-state index contributed by atoms with van der Waals surface area (Å²) in [5, 5.41) is 12.8. The van der Waals surface area contributed by atoms with Crippen LogP contribution >= 0.6 is 11.3 Å². The molecule has 0 radical (unpaired) electrons. The maximum atomic E-state index is 12.7. The number of nitrogens with zero attached hydrogens (tertiary/aromatic N) is 2. The molecule has 130 valence electrons. The van der Waals surface area contributed by atoms with Crippen LogP contribution in [0.5, 0.6) is 0 Å². The quantitative estimate of drug-likeness (QED) is 0.860. The fourth-order valence-electron chi connectivity index (χ4n) is 2.37. The molecule has 0 aliphatic rings. The second-order valence-corrected chi connectivity index (χ2v) is 7.82. The van der Waals surface area contributed by atoms with E-state index in [1.807, 2.05) is 64.4 Å². The van der Waals surface area contributed by atoms with E-state index in [9.17, 15) is 9.90 Å². The molecule has 1 N–H and O–H groups in total. The van der Waals surface area contributed by atoms with Gasteiger partial charge >= 0.3 is 0 Å². The van der Waals surface area contributed by atoms with E-state index in [1.54, 1.807) is 16.2 Å². The summed E-state index contributed by atoms with van der Waals surface area (Å²) in [5.41, 5.74) is 2.11. The standard InChI is InChI=1S/C19H26N2O2S/c1-13-12-24-17(20-13)14(2)21(5)18(22)16-8-6-15(7-9-16)10-11-19(3,4)23/h6-9,12,14,23H,10-11H2,1-5H3/t14-/m1/s1. The second-order valence-electron chi connectivity index (χ2n) is 6.93. The molecule has 1 heterocycles.